The van der Waals surface area contributed by atoms with E-state index in [2.05, 4.69) is 43.3 Å². The summed E-state index contributed by atoms with van der Waals surface area (Å²) in [5.74, 6) is 0.836. The molecule has 3 heteroatoms. The molecule has 1 heterocycles. The first-order chi connectivity index (χ1) is 12.6. The molecule has 0 unspecified atom stereocenters. The third kappa shape index (κ3) is 3.16. The molecular formula is C23H18ClNO. The molecule has 0 radical (unpaired) electrons. The zero-order valence-corrected chi connectivity index (χ0v) is 15.4. The second kappa shape index (κ2) is 6.81. The van der Waals surface area contributed by atoms with Crippen molar-refractivity contribution in [2.24, 2.45) is 0 Å². The number of hydrogen-bond donors (Lipinski definition) is 0. The van der Waals surface area contributed by atoms with Crippen LogP contribution >= 0.6 is 11.6 Å². The maximum atomic E-state index is 6.07. The summed E-state index contributed by atoms with van der Waals surface area (Å²) >= 11 is 6.07. The van der Waals surface area contributed by atoms with Crippen LogP contribution in [0.4, 0.5) is 0 Å². The molecule has 128 valence electrons. The fraction of sp³-hybridized carbons (Fsp3) is 0.0870. The summed E-state index contributed by atoms with van der Waals surface area (Å²) in [5.41, 5.74) is 6.47. The summed E-state index contributed by atoms with van der Waals surface area (Å²) in [6, 6.07) is 24.4. The number of aromatic nitrogens is 1. The predicted molar refractivity (Wildman–Crippen MR) is 109 cm³/mol. The van der Waals surface area contributed by atoms with E-state index in [0.717, 1.165) is 44.1 Å². The lowest BCUT2D eigenvalue weighted by molar-refractivity contribution is 0.415. The summed E-state index contributed by atoms with van der Waals surface area (Å²) in [7, 11) is 1.67. The minimum atomic E-state index is 0.735. The van der Waals surface area contributed by atoms with E-state index in [9.17, 15) is 0 Å². The summed E-state index contributed by atoms with van der Waals surface area (Å²) in [6.45, 7) is 2.10. The van der Waals surface area contributed by atoms with E-state index in [4.69, 9.17) is 21.3 Å². The van der Waals surface area contributed by atoms with Gasteiger partial charge < -0.3 is 4.74 Å². The zero-order chi connectivity index (χ0) is 18.1. The minimum Gasteiger partial charge on any atom is -0.497 e. The van der Waals surface area contributed by atoms with Crippen molar-refractivity contribution in [3.8, 4) is 28.1 Å². The van der Waals surface area contributed by atoms with Crippen molar-refractivity contribution < 1.29 is 4.74 Å². The van der Waals surface area contributed by atoms with Crippen molar-refractivity contribution in [2.45, 2.75) is 6.92 Å². The van der Waals surface area contributed by atoms with Gasteiger partial charge in [0, 0.05) is 16.0 Å². The molecule has 0 amide bonds. The average molecular weight is 360 g/mol. The standard InChI is InChI=1S/C23H18ClNO/c1-15-3-12-22-21(13-15)20(16-4-8-18(24)9-5-16)14-23(25-22)17-6-10-19(26-2)11-7-17/h3-14H,1-2H3. The van der Waals surface area contributed by atoms with Gasteiger partial charge in [-0.05, 0) is 72.6 Å². The third-order valence-electron chi connectivity index (χ3n) is 4.51. The smallest absolute Gasteiger partial charge is 0.118 e. The van der Waals surface area contributed by atoms with E-state index in [1.807, 2.05) is 36.4 Å². The number of rotatable bonds is 3. The normalized spacial score (nSPS) is 10.9. The number of nitrogens with zero attached hydrogens (tertiary/aromatic N) is 1. The van der Waals surface area contributed by atoms with E-state index in [0.29, 0.717) is 0 Å². The van der Waals surface area contributed by atoms with Crippen LogP contribution < -0.4 is 4.74 Å². The highest BCUT2D eigenvalue weighted by atomic mass is 35.5. The van der Waals surface area contributed by atoms with E-state index < -0.39 is 0 Å². The Bertz CT molecular complexity index is 1070. The molecular weight excluding hydrogens is 342 g/mol. The summed E-state index contributed by atoms with van der Waals surface area (Å²) in [4.78, 5) is 4.88. The van der Waals surface area contributed by atoms with Gasteiger partial charge in [-0.2, -0.15) is 0 Å². The van der Waals surface area contributed by atoms with Gasteiger partial charge in [0.05, 0.1) is 18.3 Å². The Morgan fingerprint density at radius 1 is 0.808 bits per heavy atom. The minimum absolute atomic E-state index is 0.735. The Balaban J connectivity index is 1.95. The number of hydrogen-bond acceptors (Lipinski definition) is 2. The van der Waals surface area contributed by atoms with Gasteiger partial charge in [-0.25, -0.2) is 4.98 Å². The molecule has 0 fully saturated rings. The highest BCUT2D eigenvalue weighted by molar-refractivity contribution is 6.30. The molecule has 4 aromatic rings. The van der Waals surface area contributed by atoms with Crippen molar-refractivity contribution in [2.75, 3.05) is 7.11 Å². The quantitative estimate of drug-likeness (QED) is 0.414. The van der Waals surface area contributed by atoms with Gasteiger partial charge in [0.2, 0.25) is 0 Å². The Hall–Kier alpha value is -2.84. The van der Waals surface area contributed by atoms with Gasteiger partial charge in [0.15, 0.2) is 0 Å². The monoisotopic (exact) mass is 359 g/mol. The maximum absolute atomic E-state index is 6.07. The molecule has 0 saturated heterocycles. The number of aryl methyl sites for hydroxylation is 1. The maximum Gasteiger partial charge on any atom is 0.118 e. The fourth-order valence-electron chi connectivity index (χ4n) is 3.12. The molecule has 26 heavy (non-hydrogen) atoms. The highest BCUT2D eigenvalue weighted by Gasteiger charge is 2.10. The number of pyridine rings is 1. The van der Waals surface area contributed by atoms with Crippen LogP contribution in [-0.2, 0) is 0 Å². The number of methoxy groups -OCH3 is 1. The molecule has 0 N–H and O–H groups in total. The molecule has 0 aliphatic carbocycles. The van der Waals surface area contributed by atoms with Gasteiger partial charge in [-0.3, -0.25) is 0 Å². The second-order valence-electron chi connectivity index (χ2n) is 6.31. The van der Waals surface area contributed by atoms with Gasteiger partial charge in [-0.1, -0.05) is 35.4 Å². The second-order valence-corrected chi connectivity index (χ2v) is 6.75. The van der Waals surface area contributed by atoms with Gasteiger partial charge in [0.25, 0.3) is 0 Å². The molecule has 0 spiro atoms. The molecule has 0 bridgehead atoms. The Labute approximate surface area is 158 Å². The topological polar surface area (TPSA) is 22.1 Å². The lowest BCUT2D eigenvalue weighted by atomic mass is 9.97. The van der Waals surface area contributed by atoms with E-state index in [-0.39, 0.29) is 0 Å². The van der Waals surface area contributed by atoms with Gasteiger partial charge in [-0.15, -0.1) is 0 Å². The average Bonchev–Trinajstić information content (AvgIpc) is 2.68. The molecule has 0 aliphatic heterocycles. The SMILES string of the molecule is COc1ccc(-c2cc(-c3ccc(Cl)cc3)c3cc(C)ccc3n2)cc1. The van der Waals surface area contributed by atoms with Crippen molar-refractivity contribution >= 4 is 22.5 Å². The first-order valence-corrected chi connectivity index (χ1v) is 8.83. The third-order valence-corrected chi connectivity index (χ3v) is 4.76. The highest BCUT2D eigenvalue weighted by Crippen LogP contribution is 2.33. The van der Waals surface area contributed by atoms with Gasteiger partial charge in [0.1, 0.15) is 5.75 Å². The van der Waals surface area contributed by atoms with Crippen LogP contribution in [-0.4, -0.2) is 12.1 Å². The molecule has 1 aromatic heterocycles. The van der Waals surface area contributed by atoms with Crippen LogP contribution in [0.15, 0.2) is 72.8 Å². The van der Waals surface area contributed by atoms with Crippen LogP contribution in [0.1, 0.15) is 5.56 Å². The summed E-state index contributed by atoms with van der Waals surface area (Å²) in [5, 5.41) is 1.88. The van der Waals surface area contributed by atoms with Gasteiger partial charge >= 0.3 is 0 Å². The number of fused-ring (bicyclic) bond motifs is 1. The Kier molecular flexibility index (Phi) is 4.36. The summed E-state index contributed by atoms with van der Waals surface area (Å²) < 4.78 is 5.26. The van der Waals surface area contributed by atoms with Crippen LogP contribution in [0.25, 0.3) is 33.3 Å². The molecule has 2 nitrogen and oxygen atoms in total. The van der Waals surface area contributed by atoms with E-state index >= 15 is 0 Å². The van der Waals surface area contributed by atoms with Crippen LogP contribution in [0.5, 0.6) is 5.75 Å². The number of benzene rings is 3. The van der Waals surface area contributed by atoms with Crippen LogP contribution in [0.3, 0.4) is 0 Å². The number of ether oxygens (including phenoxy) is 1. The van der Waals surface area contributed by atoms with Crippen molar-refractivity contribution in [1.82, 2.24) is 4.98 Å². The van der Waals surface area contributed by atoms with Crippen LogP contribution in [0.2, 0.25) is 5.02 Å². The fourth-order valence-corrected chi connectivity index (χ4v) is 3.24. The summed E-state index contributed by atoms with van der Waals surface area (Å²) in [6.07, 6.45) is 0. The molecule has 0 aliphatic rings. The predicted octanol–water partition coefficient (Wildman–Crippen LogP) is 6.54. The molecule has 4 rings (SSSR count). The number of halogens is 1. The lowest BCUT2D eigenvalue weighted by Gasteiger charge is -2.12. The van der Waals surface area contributed by atoms with E-state index in [1.54, 1.807) is 7.11 Å². The van der Waals surface area contributed by atoms with Crippen molar-refractivity contribution in [3.05, 3.63) is 83.4 Å². The lowest BCUT2D eigenvalue weighted by Crippen LogP contribution is -1.91. The first-order valence-electron chi connectivity index (χ1n) is 8.46. The zero-order valence-electron chi connectivity index (χ0n) is 14.7. The Morgan fingerprint density at radius 3 is 2.19 bits per heavy atom. The van der Waals surface area contributed by atoms with Crippen molar-refractivity contribution in [1.29, 1.82) is 0 Å². The van der Waals surface area contributed by atoms with Crippen LogP contribution in [0, 0.1) is 6.92 Å². The Morgan fingerprint density at radius 2 is 1.50 bits per heavy atom. The molecule has 3 aromatic carbocycles. The van der Waals surface area contributed by atoms with Crippen molar-refractivity contribution in [3.63, 3.8) is 0 Å². The van der Waals surface area contributed by atoms with E-state index in [1.165, 1.54) is 5.56 Å². The largest absolute Gasteiger partial charge is 0.497 e. The first kappa shape index (κ1) is 16.6. The molecule has 0 saturated carbocycles. The molecule has 0 atom stereocenters.